The number of carbonyl (C=O) groups is 1. The molecule has 0 radical (unpaired) electrons. The van der Waals surface area contributed by atoms with Gasteiger partial charge in [0.25, 0.3) is 0 Å². The summed E-state index contributed by atoms with van der Waals surface area (Å²) in [7, 11) is -3.57. The Morgan fingerprint density at radius 3 is 2.33 bits per heavy atom. The van der Waals surface area contributed by atoms with Crippen molar-refractivity contribution in [3.8, 4) is 0 Å². The van der Waals surface area contributed by atoms with Crippen molar-refractivity contribution in [2.75, 3.05) is 39.3 Å². The first kappa shape index (κ1) is 17.3. The first-order valence-corrected chi connectivity index (χ1v) is 9.66. The Labute approximate surface area is 141 Å². The van der Waals surface area contributed by atoms with Crippen LogP contribution in [0.25, 0.3) is 0 Å². The van der Waals surface area contributed by atoms with E-state index in [0.29, 0.717) is 32.7 Å². The molecule has 0 atom stereocenters. The highest BCUT2D eigenvalue weighted by Crippen LogP contribution is 2.28. The Hall–Kier alpha value is -1.51. The number of halogens is 1. The van der Waals surface area contributed by atoms with Crippen LogP contribution in [0.15, 0.2) is 29.2 Å². The Bertz CT molecular complexity index is 681. The molecular formula is C16H22FN3O3S. The lowest BCUT2D eigenvalue weighted by molar-refractivity contribution is -0.122. The molecule has 0 bridgehead atoms. The van der Waals surface area contributed by atoms with Gasteiger partial charge in [-0.25, -0.2) is 12.8 Å². The monoisotopic (exact) mass is 355 g/mol. The van der Waals surface area contributed by atoms with Crippen LogP contribution in [-0.4, -0.2) is 62.8 Å². The second-order valence-corrected chi connectivity index (χ2v) is 8.20. The van der Waals surface area contributed by atoms with Crippen LogP contribution >= 0.6 is 0 Å². The molecule has 1 aromatic carbocycles. The molecule has 1 amide bonds. The predicted octanol–water partition coefficient (Wildman–Crippen LogP) is 0.658. The quantitative estimate of drug-likeness (QED) is 0.814. The SMILES string of the molecule is O=C(NCCN1CCN(S(=O)(=O)c2ccc(F)cc2)CC1)C1CC1. The van der Waals surface area contributed by atoms with Crippen molar-refractivity contribution in [2.24, 2.45) is 5.92 Å². The molecule has 1 heterocycles. The van der Waals surface area contributed by atoms with Crippen molar-refractivity contribution in [1.29, 1.82) is 0 Å². The lowest BCUT2D eigenvalue weighted by atomic mass is 10.3. The molecule has 1 aliphatic carbocycles. The molecule has 132 valence electrons. The molecule has 1 N–H and O–H groups in total. The van der Waals surface area contributed by atoms with Gasteiger partial charge in [-0.3, -0.25) is 9.69 Å². The normalized spacial score (nSPS) is 20.0. The summed E-state index contributed by atoms with van der Waals surface area (Å²) in [4.78, 5) is 13.8. The van der Waals surface area contributed by atoms with Gasteiger partial charge in [-0.1, -0.05) is 0 Å². The molecule has 0 aromatic heterocycles. The highest BCUT2D eigenvalue weighted by Gasteiger charge is 2.30. The Balaban J connectivity index is 1.47. The van der Waals surface area contributed by atoms with Crippen molar-refractivity contribution < 1.29 is 17.6 Å². The van der Waals surface area contributed by atoms with E-state index in [4.69, 9.17) is 0 Å². The highest BCUT2D eigenvalue weighted by atomic mass is 32.2. The summed E-state index contributed by atoms with van der Waals surface area (Å²) in [6, 6.07) is 4.91. The number of nitrogens with one attached hydrogen (secondary N) is 1. The van der Waals surface area contributed by atoms with Crippen molar-refractivity contribution >= 4 is 15.9 Å². The summed E-state index contributed by atoms with van der Waals surface area (Å²) in [6.07, 6.45) is 1.98. The van der Waals surface area contributed by atoms with Crippen molar-refractivity contribution in [3.63, 3.8) is 0 Å². The van der Waals surface area contributed by atoms with Gasteiger partial charge in [-0.15, -0.1) is 0 Å². The van der Waals surface area contributed by atoms with E-state index in [9.17, 15) is 17.6 Å². The van der Waals surface area contributed by atoms with Crippen LogP contribution in [0.3, 0.4) is 0 Å². The number of carbonyl (C=O) groups excluding carboxylic acids is 1. The summed E-state index contributed by atoms with van der Waals surface area (Å²) >= 11 is 0. The van der Waals surface area contributed by atoms with Gasteiger partial charge >= 0.3 is 0 Å². The summed E-state index contributed by atoms with van der Waals surface area (Å²) in [5, 5.41) is 2.92. The smallest absolute Gasteiger partial charge is 0.243 e. The Kier molecular flexibility index (Phi) is 5.17. The fraction of sp³-hybridized carbons (Fsp3) is 0.562. The van der Waals surface area contributed by atoms with Crippen LogP contribution in [0.4, 0.5) is 4.39 Å². The van der Waals surface area contributed by atoms with Crippen LogP contribution in [0.2, 0.25) is 0 Å². The van der Waals surface area contributed by atoms with Crippen molar-refractivity contribution in [2.45, 2.75) is 17.7 Å². The molecule has 2 aliphatic rings. The van der Waals surface area contributed by atoms with E-state index in [-0.39, 0.29) is 16.7 Å². The van der Waals surface area contributed by atoms with Crippen molar-refractivity contribution in [3.05, 3.63) is 30.1 Å². The van der Waals surface area contributed by atoms with E-state index in [2.05, 4.69) is 10.2 Å². The number of nitrogens with zero attached hydrogens (tertiary/aromatic N) is 2. The van der Waals surface area contributed by atoms with E-state index in [1.165, 1.54) is 16.4 Å². The number of hydrogen-bond donors (Lipinski definition) is 1. The maximum Gasteiger partial charge on any atom is 0.243 e. The lowest BCUT2D eigenvalue weighted by Crippen LogP contribution is -2.50. The zero-order chi connectivity index (χ0) is 17.2. The number of sulfonamides is 1. The third-order valence-electron chi connectivity index (χ3n) is 4.46. The van der Waals surface area contributed by atoms with E-state index in [0.717, 1.165) is 31.5 Å². The third-order valence-corrected chi connectivity index (χ3v) is 6.37. The Morgan fingerprint density at radius 1 is 1.12 bits per heavy atom. The van der Waals surface area contributed by atoms with E-state index in [1.807, 2.05) is 0 Å². The van der Waals surface area contributed by atoms with E-state index >= 15 is 0 Å². The molecule has 0 unspecified atom stereocenters. The molecule has 24 heavy (non-hydrogen) atoms. The Morgan fingerprint density at radius 2 is 1.75 bits per heavy atom. The van der Waals surface area contributed by atoms with Gasteiger partial charge in [-0.2, -0.15) is 4.31 Å². The zero-order valence-corrected chi connectivity index (χ0v) is 14.3. The number of benzene rings is 1. The highest BCUT2D eigenvalue weighted by molar-refractivity contribution is 7.89. The first-order chi connectivity index (χ1) is 11.5. The summed E-state index contributed by atoms with van der Waals surface area (Å²) in [6.45, 7) is 3.37. The molecule has 1 saturated heterocycles. The van der Waals surface area contributed by atoms with Crippen molar-refractivity contribution in [1.82, 2.24) is 14.5 Å². The van der Waals surface area contributed by atoms with Gasteiger partial charge < -0.3 is 5.32 Å². The topological polar surface area (TPSA) is 69.7 Å². The van der Waals surface area contributed by atoms with Gasteiger partial charge in [-0.05, 0) is 37.1 Å². The molecule has 6 nitrogen and oxygen atoms in total. The van der Waals surface area contributed by atoms with Crippen LogP contribution in [-0.2, 0) is 14.8 Å². The molecular weight excluding hydrogens is 333 g/mol. The van der Waals surface area contributed by atoms with Gasteiger partial charge in [0.2, 0.25) is 15.9 Å². The maximum absolute atomic E-state index is 13.0. The molecule has 2 fully saturated rings. The standard InChI is InChI=1S/C16H22FN3O3S/c17-14-3-5-15(6-4-14)24(22,23)20-11-9-19(10-12-20)8-7-18-16(21)13-1-2-13/h3-6,13H,1-2,7-12H2,(H,18,21). The minimum Gasteiger partial charge on any atom is -0.355 e. The van der Waals surface area contributed by atoms with Crippen LogP contribution in [0.1, 0.15) is 12.8 Å². The molecule has 1 aliphatic heterocycles. The number of rotatable bonds is 6. The van der Waals surface area contributed by atoms with Gasteiger partial charge in [0, 0.05) is 45.2 Å². The number of amides is 1. The lowest BCUT2D eigenvalue weighted by Gasteiger charge is -2.33. The van der Waals surface area contributed by atoms with Crippen LogP contribution in [0, 0.1) is 11.7 Å². The third kappa shape index (κ3) is 4.12. The second kappa shape index (κ2) is 7.16. The molecule has 0 spiro atoms. The molecule has 1 aromatic rings. The number of hydrogen-bond acceptors (Lipinski definition) is 4. The molecule has 1 saturated carbocycles. The summed E-state index contributed by atoms with van der Waals surface area (Å²) in [5.74, 6) is -0.109. The minimum atomic E-state index is -3.57. The molecule has 8 heteroatoms. The van der Waals surface area contributed by atoms with E-state index in [1.54, 1.807) is 0 Å². The predicted molar refractivity (Wildman–Crippen MR) is 87.3 cm³/mol. The fourth-order valence-corrected chi connectivity index (χ4v) is 4.20. The van der Waals surface area contributed by atoms with Crippen LogP contribution in [0.5, 0.6) is 0 Å². The van der Waals surface area contributed by atoms with Gasteiger partial charge in [0.1, 0.15) is 5.82 Å². The first-order valence-electron chi connectivity index (χ1n) is 8.22. The molecule has 3 rings (SSSR count). The van der Waals surface area contributed by atoms with Gasteiger partial charge in [0.15, 0.2) is 0 Å². The fourth-order valence-electron chi connectivity index (χ4n) is 2.78. The van der Waals surface area contributed by atoms with Gasteiger partial charge in [0.05, 0.1) is 4.90 Å². The number of piperazine rings is 1. The second-order valence-electron chi connectivity index (χ2n) is 6.26. The summed E-state index contributed by atoms with van der Waals surface area (Å²) in [5.41, 5.74) is 0. The maximum atomic E-state index is 13.0. The van der Waals surface area contributed by atoms with E-state index < -0.39 is 15.8 Å². The zero-order valence-electron chi connectivity index (χ0n) is 13.4. The average Bonchev–Trinajstić information content (AvgIpc) is 3.41. The van der Waals surface area contributed by atoms with Crippen LogP contribution < -0.4 is 5.32 Å². The minimum absolute atomic E-state index is 0.119. The largest absolute Gasteiger partial charge is 0.355 e. The summed E-state index contributed by atoms with van der Waals surface area (Å²) < 4.78 is 39.4. The average molecular weight is 355 g/mol.